The molecule has 0 aliphatic carbocycles. The first-order chi connectivity index (χ1) is 11.7. The van der Waals surface area contributed by atoms with Crippen LogP contribution in [0.15, 0.2) is 12.7 Å². The van der Waals surface area contributed by atoms with Gasteiger partial charge in [-0.1, -0.05) is 22.9 Å². The molecule has 0 spiro atoms. The summed E-state index contributed by atoms with van der Waals surface area (Å²) in [5, 5.41) is 13.8. The van der Waals surface area contributed by atoms with E-state index >= 15 is 0 Å². The molecule has 124 valence electrons. The van der Waals surface area contributed by atoms with Crippen LogP contribution in [0.25, 0.3) is 0 Å². The van der Waals surface area contributed by atoms with Gasteiger partial charge in [-0.25, -0.2) is 14.6 Å². The van der Waals surface area contributed by atoms with E-state index in [9.17, 15) is 4.79 Å². The van der Waals surface area contributed by atoms with Gasteiger partial charge in [-0.2, -0.15) is 10.4 Å². The second-order valence-corrected chi connectivity index (χ2v) is 7.49. The number of piperidine rings is 2. The van der Waals surface area contributed by atoms with Crippen molar-refractivity contribution >= 4 is 34.0 Å². The predicted molar refractivity (Wildman–Crippen MR) is 87.7 cm³/mol. The van der Waals surface area contributed by atoms with Gasteiger partial charge < -0.3 is 9.80 Å². The van der Waals surface area contributed by atoms with Crippen molar-refractivity contribution in [1.82, 2.24) is 24.6 Å². The molecule has 10 heteroatoms. The van der Waals surface area contributed by atoms with Crippen molar-refractivity contribution in [1.29, 1.82) is 5.26 Å². The molecule has 3 aliphatic heterocycles. The molecule has 3 fully saturated rings. The van der Waals surface area contributed by atoms with Gasteiger partial charge in [0.25, 0.3) is 0 Å². The molecule has 2 bridgehead atoms. The third-order valence-corrected chi connectivity index (χ3v) is 5.83. The summed E-state index contributed by atoms with van der Waals surface area (Å²) >= 11 is 7.38. The Morgan fingerprint density at radius 1 is 1.42 bits per heavy atom. The van der Waals surface area contributed by atoms with Crippen LogP contribution in [-0.2, 0) is 11.3 Å². The first-order valence-electron chi connectivity index (χ1n) is 7.60. The van der Waals surface area contributed by atoms with Crippen molar-refractivity contribution in [2.24, 2.45) is 0 Å². The lowest BCUT2D eigenvalue weighted by Crippen LogP contribution is -2.64. The molecule has 0 aromatic carbocycles. The number of hydrogen-bond donors (Lipinski definition) is 0. The molecule has 8 nitrogen and oxygen atoms in total. The van der Waals surface area contributed by atoms with E-state index in [0.29, 0.717) is 10.9 Å². The van der Waals surface area contributed by atoms with E-state index in [4.69, 9.17) is 16.9 Å². The van der Waals surface area contributed by atoms with Gasteiger partial charge in [0.05, 0.1) is 0 Å². The maximum atomic E-state index is 12.5. The molecular formula is C14H14ClN7OS. The number of nitriles is 1. The largest absolute Gasteiger partial charge is 0.341 e. The summed E-state index contributed by atoms with van der Waals surface area (Å²) < 4.78 is 1.97. The van der Waals surface area contributed by atoms with Gasteiger partial charge in [0.15, 0.2) is 10.8 Å². The van der Waals surface area contributed by atoms with Crippen LogP contribution in [0.4, 0.5) is 5.13 Å². The first-order valence-corrected chi connectivity index (χ1v) is 8.80. The Bertz CT molecular complexity index is 799. The van der Waals surface area contributed by atoms with Crippen molar-refractivity contribution in [2.45, 2.75) is 31.5 Å². The van der Waals surface area contributed by atoms with E-state index in [2.05, 4.69) is 20.0 Å². The number of carbonyl (C=O) groups is 1. The number of aromatic nitrogens is 4. The van der Waals surface area contributed by atoms with E-state index < -0.39 is 0 Å². The summed E-state index contributed by atoms with van der Waals surface area (Å²) in [6.07, 6.45) is 4.97. The number of halogens is 1. The van der Waals surface area contributed by atoms with Gasteiger partial charge in [0, 0.05) is 25.2 Å². The first kappa shape index (κ1) is 15.4. The van der Waals surface area contributed by atoms with Gasteiger partial charge >= 0.3 is 0 Å². The van der Waals surface area contributed by atoms with E-state index in [1.807, 2.05) is 11.0 Å². The van der Waals surface area contributed by atoms with Crippen LogP contribution in [0.5, 0.6) is 0 Å². The van der Waals surface area contributed by atoms with Crippen LogP contribution in [-0.4, -0.2) is 55.7 Å². The molecule has 1 amide bonds. The highest BCUT2D eigenvalue weighted by molar-refractivity contribution is 7.19. The lowest BCUT2D eigenvalue weighted by atomic mass is 9.91. The summed E-state index contributed by atoms with van der Waals surface area (Å²) in [4.78, 5) is 24.9. The molecule has 5 rings (SSSR count). The van der Waals surface area contributed by atoms with Crippen molar-refractivity contribution in [3.63, 3.8) is 0 Å². The molecule has 2 atom stereocenters. The Hall–Kier alpha value is -2.18. The highest BCUT2D eigenvalue weighted by Crippen LogP contribution is 2.37. The van der Waals surface area contributed by atoms with E-state index in [-0.39, 0.29) is 30.2 Å². The Morgan fingerprint density at radius 2 is 2.25 bits per heavy atom. The molecule has 3 saturated heterocycles. The number of nitrogens with zero attached hydrogens (tertiary/aromatic N) is 7. The molecule has 2 aromatic heterocycles. The molecule has 3 aliphatic rings. The topological polar surface area (TPSA) is 90.9 Å². The fourth-order valence-corrected chi connectivity index (χ4v) is 4.51. The highest BCUT2D eigenvalue weighted by Gasteiger charge is 2.42. The molecule has 2 aromatic rings. The van der Waals surface area contributed by atoms with Gasteiger partial charge in [-0.3, -0.25) is 4.79 Å². The quantitative estimate of drug-likeness (QED) is 0.812. The van der Waals surface area contributed by atoms with Crippen LogP contribution in [0.1, 0.15) is 18.5 Å². The van der Waals surface area contributed by atoms with Crippen LogP contribution < -0.4 is 4.90 Å². The fraction of sp³-hybridized carbons (Fsp3) is 0.500. The lowest BCUT2D eigenvalue weighted by Gasteiger charge is -2.51. The molecule has 2 unspecified atom stereocenters. The summed E-state index contributed by atoms with van der Waals surface area (Å²) in [6, 6.07) is 2.37. The van der Waals surface area contributed by atoms with E-state index in [1.54, 1.807) is 11.0 Å². The average molecular weight is 364 g/mol. The third kappa shape index (κ3) is 2.61. The summed E-state index contributed by atoms with van der Waals surface area (Å²) in [6.45, 7) is 1.60. The SMILES string of the molecule is N#Cc1nc(N2CC3CCC2CN3C(=O)Cn2cncn2)sc1Cl. The number of thiazole rings is 1. The third-order valence-electron chi connectivity index (χ3n) is 4.54. The van der Waals surface area contributed by atoms with Crippen LogP contribution in [0.3, 0.4) is 0 Å². The number of piperazine rings is 1. The van der Waals surface area contributed by atoms with E-state index in [1.165, 1.54) is 17.7 Å². The Kier molecular flexibility index (Phi) is 3.86. The molecule has 5 heterocycles. The summed E-state index contributed by atoms with van der Waals surface area (Å²) in [5.41, 5.74) is 0.275. The maximum absolute atomic E-state index is 12.5. The average Bonchev–Trinajstić information content (AvgIpc) is 3.24. The molecule has 0 radical (unpaired) electrons. The highest BCUT2D eigenvalue weighted by atomic mass is 35.5. The second kappa shape index (κ2) is 6.03. The maximum Gasteiger partial charge on any atom is 0.244 e. The smallest absolute Gasteiger partial charge is 0.244 e. The van der Waals surface area contributed by atoms with Crippen molar-refractivity contribution < 1.29 is 4.79 Å². The number of fused-ring (bicyclic) bond motifs is 3. The lowest BCUT2D eigenvalue weighted by molar-refractivity contribution is -0.137. The number of anilines is 1. The normalized spacial score (nSPS) is 22.7. The van der Waals surface area contributed by atoms with Crippen LogP contribution in [0.2, 0.25) is 4.34 Å². The van der Waals surface area contributed by atoms with Gasteiger partial charge in [0.1, 0.15) is 29.6 Å². The zero-order chi connectivity index (χ0) is 16.7. The van der Waals surface area contributed by atoms with Gasteiger partial charge in [-0.15, -0.1) is 0 Å². The fourth-order valence-electron chi connectivity index (χ4n) is 3.39. The van der Waals surface area contributed by atoms with Crippen molar-refractivity contribution in [3.05, 3.63) is 22.7 Å². The summed E-state index contributed by atoms with van der Waals surface area (Å²) in [5.74, 6) is 0.0599. The molecule has 0 N–H and O–H groups in total. The number of rotatable bonds is 3. The Labute approximate surface area is 147 Å². The molecular weight excluding hydrogens is 350 g/mol. The second-order valence-electron chi connectivity index (χ2n) is 5.91. The Balaban J connectivity index is 1.49. The molecule has 24 heavy (non-hydrogen) atoms. The zero-order valence-corrected chi connectivity index (χ0v) is 14.2. The standard InChI is InChI=1S/C14H14ClN7OS/c15-13-11(3-16)19-14(24-13)22-5-9-1-2-10(22)4-21(9)12(23)6-20-8-17-7-18-20/h7-10H,1-2,4-6H2. The minimum atomic E-state index is 0.0599. The Morgan fingerprint density at radius 3 is 2.88 bits per heavy atom. The monoisotopic (exact) mass is 363 g/mol. The number of hydrogen-bond acceptors (Lipinski definition) is 7. The van der Waals surface area contributed by atoms with Crippen LogP contribution in [0, 0.1) is 11.3 Å². The number of carbonyl (C=O) groups excluding carboxylic acids is 1. The van der Waals surface area contributed by atoms with Crippen molar-refractivity contribution in [2.75, 3.05) is 18.0 Å². The number of amides is 1. The molecule has 0 saturated carbocycles. The van der Waals surface area contributed by atoms with Gasteiger partial charge in [0.2, 0.25) is 5.91 Å². The van der Waals surface area contributed by atoms with Crippen LogP contribution >= 0.6 is 22.9 Å². The zero-order valence-electron chi connectivity index (χ0n) is 12.7. The minimum absolute atomic E-state index is 0.0599. The minimum Gasteiger partial charge on any atom is -0.341 e. The summed E-state index contributed by atoms with van der Waals surface area (Å²) in [7, 11) is 0. The van der Waals surface area contributed by atoms with Crippen molar-refractivity contribution in [3.8, 4) is 6.07 Å². The van der Waals surface area contributed by atoms with Gasteiger partial charge in [-0.05, 0) is 12.8 Å². The predicted octanol–water partition coefficient (Wildman–Crippen LogP) is 1.14. The van der Waals surface area contributed by atoms with E-state index in [0.717, 1.165) is 24.5 Å².